The first-order valence-corrected chi connectivity index (χ1v) is 8.48. The molecule has 2 aromatic rings. The van der Waals surface area contributed by atoms with E-state index in [0.717, 1.165) is 24.2 Å². The first-order chi connectivity index (χ1) is 11.6. The molecule has 1 saturated carbocycles. The van der Waals surface area contributed by atoms with Crippen LogP contribution in [0.3, 0.4) is 0 Å². The quantitative estimate of drug-likeness (QED) is 0.881. The highest BCUT2D eigenvalue weighted by atomic mass is 16.2. The van der Waals surface area contributed by atoms with E-state index in [1.54, 1.807) is 0 Å². The van der Waals surface area contributed by atoms with Gasteiger partial charge < -0.3 is 0 Å². The molecule has 0 radical (unpaired) electrons. The van der Waals surface area contributed by atoms with Crippen LogP contribution in [0.4, 0.5) is 0 Å². The number of hydrogen-bond donors (Lipinski definition) is 1. The smallest absolute Gasteiger partial charge is 0.259 e. The lowest BCUT2D eigenvalue weighted by atomic mass is 9.78. The molecule has 1 aromatic carbocycles. The SMILES string of the molecule is CC1(c2nc(C3CC3)ccc2C(=O)NC=O)CCc2ccccc21. The van der Waals surface area contributed by atoms with E-state index in [2.05, 4.69) is 30.4 Å². The van der Waals surface area contributed by atoms with Gasteiger partial charge in [-0.05, 0) is 55.9 Å². The van der Waals surface area contributed by atoms with Gasteiger partial charge in [0.05, 0.1) is 11.3 Å². The third-order valence-corrected chi connectivity index (χ3v) is 5.38. The van der Waals surface area contributed by atoms with Gasteiger partial charge in [-0.15, -0.1) is 0 Å². The van der Waals surface area contributed by atoms with Crippen molar-refractivity contribution in [1.29, 1.82) is 0 Å². The van der Waals surface area contributed by atoms with Crippen LogP contribution in [-0.2, 0) is 16.6 Å². The second kappa shape index (κ2) is 5.55. The molecule has 4 nitrogen and oxygen atoms in total. The maximum Gasteiger partial charge on any atom is 0.259 e. The highest BCUT2D eigenvalue weighted by molar-refractivity contribution is 6.01. The monoisotopic (exact) mass is 320 g/mol. The third kappa shape index (κ3) is 2.33. The Kier molecular flexibility index (Phi) is 3.48. The summed E-state index contributed by atoms with van der Waals surface area (Å²) in [6, 6.07) is 12.1. The average Bonchev–Trinajstić information content (AvgIpc) is 3.40. The van der Waals surface area contributed by atoms with Crippen molar-refractivity contribution in [2.24, 2.45) is 0 Å². The molecular weight excluding hydrogens is 300 g/mol. The lowest BCUT2D eigenvalue weighted by molar-refractivity contribution is -0.108. The number of aromatic nitrogens is 1. The van der Waals surface area contributed by atoms with E-state index in [0.29, 0.717) is 17.9 Å². The second-order valence-electron chi connectivity index (χ2n) is 6.99. The molecule has 0 spiro atoms. The first kappa shape index (κ1) is 15.1. The molecule has 1 aromatic heterocycles. The minimum absolute atomic E-state index is 0.295. The number of pyridine rings is 1. The van der Waals surface area contributed by atoms with E-state index in [1.165, 1.54) is 24.0 Å². The van der Waals surface area contributed by atoms with Crippen LogP contribution in [0.2, 0.25) is 0 Å². The third-order valence-electron chi connectivity index (χ3n) is 5.38. The highest BCUT2D eigenvalue weighted by Crippen LogP contribution is 2.46. The van der Waals surface area contributed by atoms with E-state index < -0.39 is 0 Å². The maximum absolute atomic E-state index is 12.4. The predicted octanol–water partition coefficient (Wildman–Crippen LogP) is 3.10. The zero-order valence-electron chi connectivity index (χ0n) is 13.7. The summed E-state index contributed by atoms with van der Waals surface area (Å²) in [4.78, 5) is 28.0. The van der Waals surface area contributed by atoms with E-state index in [-0.39, 0.29) is 11.3 Å². The van der Waals surface area contributed by atoms with Crippen molar-refractivity contribution in [3.05, 3.63) is 64.5 Å². The fourth-order valence-corrected chi connectivity index (χ4v) is 3.86. The van der Waals surface area contributed by atoms with Crippen LogP contribution in [0.15, 0.2) is 36.4 Å². The Bertz CT molecular complexity index is 826. The summed E-state index contributed by atoms with van der Waals surface area (Å²) < 4.78 is 0. The molecule has 0 saturated heterocycles. The van der Waals surface area contributed by atoms with Gasteiger partial charge in [0.1, 0.15) is 0 Å². The molecule has 2 amide bonds. The van der Waals surface area contributed by atoms with Crippen LogP contribution in [0, 0.1) is 0 Å². The summed E-state index contributed by atoms with van der Waals surface area (Å²) in [5.74, 6) is 0.146. The largest absolute Gasteiger partial charge is 0.295 e. The molecule has 1 atom stereocenters. The molecule has 1 heterocycles. The molecule has 24 heavy (non-hydrogen) atoms. The number of benzene rings is 1. The van der Waals surface area contributed by atoms with E-state index in [1.807, 2.05) is 18.2 Å². The van der Waals surface area contributed by atoms with E-state index >= 15 is 0 Å². The molecule has 122 valence electrons. The summed E-state index contributed by atoms with van der Waals surface area (Å²) in [6.07, 6.45) is 4.68. The molecule has 0 bridgehead atoms. The van der Waals surface area contributed by atoms with Crippen molar-refractivity contribution in [1.82, 2.24) is 10.3 Å². The van der Waals surface area contributed by atoms with Crippen molar-refractivity contribution < 1.29 is 9.59 Å². The number of carbonyl (C=O) groups is 2. The molecular formula is C20H20N2O2. The number of rotatable bonds is 4. The van der Waals surface area contributed by atoms with Gasteiger partial charge in [0.15, 0.2) is 0 Å². The lowest BCUT2D eigenvalue weighted by Crippen LogP contribution is -2.30. The zero-order chi connectivity index (χ0) is 16.7. The molecule has 4 rings (SSSR count). The molecule has 0 aliphatic heterocycles. The summed E-state index contributed by atoms with van der Waals surface area (Å²) in [5, 5.41) is 2.27. The van der Waals surface area contributed by atoms with Crippen molar-refractivity contribution in [3.8, 4) is 0 Å². The number of imide groups is 1. The summed E-state index contributed by atoms with van der Waals surface area (Å²) in [6.45, 7) is 2.16. The van der Waals surface area contributed by atoms with Crippen LogP contribution in [-0.4, -0.2) is 17.3 Å². The maximum atomic E-state index is 12.4. The van der Waals surface area contributed by atoms with Crippen molar-refractivity contribution >= 4 is 12.3 Å². The second-order valence-corrected chi connectivity index (χ2v) is 6.99. The van der Waals surface area contributed by atoms with Gasteiger partial charge in [0, 0.05) is 17.0 Å². The number of aryl methyl sites for hydroxylation is 1. The Morgan fingerprint density at radius 2 is 2.04 bits per heavy atom. The Morgan fingerprint density at radius 3 is 2.79 bits per heavy atom. The molecule has 2 aliphatic rings. The van der Waals surface area contributed by atoms with Crippen LogP contribution in [0.5, 0.6) is 0 Å². The van der Waals surface area contributed by atoms with Crippen molar-refractivity contribution in [2.75, 3.05) is 0 Å². The lowest BCUT2D eigenvalue weighted by Gasteiger charge is -2.27. The van der Waals surface area contributed by atoms with Crippen LogP contribution < -0.4 is 5.32 Å². The molecule has 4 heteroatoms. The van der Waals surface area contributed by atoms with Gasteiger partial charge in [-0.3, -0.25) is 19.9 Å². The van der Waals surface area contributed by atoms with Gasteiger partial charge in [0.25, 0.3) is 5.91 Å². The first-order valence-electron chi connectivity index (χ1n) is 8.48. The standard InChI is InChI=1S/C20H20N2O2/c1-20(11-10-13-4-2-3-5-16(13)20)18-15(19(24)21-12-23)8-9-17(22-18)14-6-7-14/h2-5,8-9,12,14H,6-7,10-11H2,1H3,(H,21,23,24). The van der Waals surface area contributed by atoms with Gasteiger partial charge in [-0.1, -0.05) is 24.3 Å². The van der Waals surface area contributed by atoms with Gasteiger partial charge in [-0.2, -0.15) is 0 Å². The number of hydrogen-bond acceptors (Lipinski definition) is 3. The van der Waals surface area contributed by atoms with Gasteiger partial charge in [0.2, 0.25) is 6.41 Å². The van der Waals surface area contributed by atoms with Crippen LogP contribution >= 0.6 is 0 Å². The average molecular weight is 320 g/mol. The Balaban J connectivity index is 1.87. The minimum atomic E-state index is -0.375. The normalized spacial score (nSPS) is 22.0. The number of nitrogens with zero attached hydrogens (tertiary/aromatic N) is 1. The van der Waals surface area contributed by atoms with Crippen molar-refractivity contribution in [3.63, 3.8) is 0 Å². The highest BCUT2D eigenvalue weighted by Gasteiger charge is 2.40. The number of amides is 2. The Hall–Kier alpha value is -2.49. The Labute approximate surface area is 141 Å². The summed E-state index contributed by atoms with van der Waals surface area (Å²) in [5.41, 5.74) is 4.64. The fourth-order valence-electron chi connectivity index (χ4n) is 3.86. The topological polar surface area (TPSA) is 59.1 Å². The summed E-state index contributed by atoms with van der Waals surface area (Å²) in [7, 11) is 0. The molecule has 2 aliphatic carbocycles. The van der Waals surface area contributed by atoms with Crippen LogP contribution in [0.1, 0.15) is 65.0 Å². The fraction of sp³-hybridized carbons (Fsp3) is 0.350. The van der Waals surface area contributed by atoms with E-state index in [9.17, 15) is 9.59 Å². The Morgan fingerprint density at radius 1 is 1.25 bits per heavy atom. The number of nitrogens with one attached hydrogen (secondary N) is 1. The number of carbonyl (C=O) groups excluding carboxylic acids is 2. The van der Waals surface area contributed by atoms with Crippen LogP contribution in [0.25, 0.3) is 0 Å². The van der Waals surface area contributed by atoms with Crippen molar-refractivity contribution in [2.45, 2.75) is 43.9 Å². The van der Waals surface area contributed by atoms with E-state index in [4.69, 9.17) is 4.98 Å². The van der Waals surface area contributed by atoms with Gasteiger partial charge >= 0.3 is 0 Å². The molecule has 1 fully saturated rings. The van der Waals surface area contributed by atoms with Gasteiger partial charge in [-0.25, -0.2) is 0 Å². The number of fused-ring (bicyclic) bond motifs is 1. The zero-order valence-corrected chi connectivity index (χ0v) is 13.7. The predicted molar refractivity (Wildman–Crippen MR) is 91.0 cm³/mol. The minimum Gasteiger partial charge on any atom is -0.295 e. The molecule has 1 N–H and O–H groups in total. The molecule has 1 unspecified atom stereocenters. The summed E-state index contributed by atoms with van der Waals surface area (Å²) >= 11 is 0.